The summed E-state index contributed by atoms with van der Waals surface area (Å²) in [5.41, 5.74) is 1.41. The van der Waals surface area contributed by atoms with E-state index in [4.69, 9.17) is 9.47 Å². The molecule has 1 aliphatic heterocycles. The lowest BCUT2D eigenvalue weighted by molar-refractivity contribution is -0.384. The third-order valence-electron chi connectivity index (χ3n) is 4.15. The molecule has 0 aliphatic carbocycles. The van der Waals surface area contributed by atoms with Crippen LogP contribution in [-0.2, 0) is 14.3 Å². The molecule has 1 amide bonds. The van der Waals surface area contributed by atoms with E-state index in [1.54, 1.807) is 12.1 Å². The number of benzene rings is 2. The topological polar surface area (TPSA) is 111 Å². The fourth-order valence-corrected chi connectivity index (χ4v) is 2.74. The van der Waals surface area contributed by atoms with E-state index in [1.807, 2.05) is 12.1 Å². The minimum atomic E-state index is -0.804. The number of morpholine rings is 1. The number of carbonyl (C=O) groups excluding carboxylic acids is 2. The number of carbonyl (C=O) groups is 2. The van der Waals surface area contributed by atoms with Gasteiger partial charge in [-0.1, -0.05) is 6.07 Å². The summed E-state index contributed by atoms with van der Waals surface area (Å²) in [5.74, 6) is -1.31. The summed E-state index contributed by atoms with van der Waals surface area (Å²) in [6.07, 6.45) is 0. The zero-order chi connectivity index (χ0) is 19.9. The molecular weight excluding hydrogens is 366 g/mol. The first-order chi connectivity index (χ1) is 13.5. The Kier molecular flexibility index (Phi) is 6.18. The van der Waals surface area contributed by atoms with Crippen molar-refractivity contribution in [2.45, 2.75) is 0 Å². The zero-order valence-corrected chi connectivity index (χ0v) is 15.0. The number of anilines is 2. The highest BCUT2D eigenvalue weighted by atomic mass is 16.6. The van der Waals surface area contributed by atoms with Crippen molar-refractivity contribution in [2.24, 2.45) is 0 Å². The molecule has 1 saturated heterocycles. The number of amides is 1. The molecule has 1 heterocycles. The van der Waals surface area contributed by atoms with Crippen molar-refractivity contribution in [3.05, 3.63) is 64.2 Å². The fourth-order valence-electron chi connectivity index (χ4n) is 2.74. The van der Waals surface area contributed by atoms with E-state index >= 15 is 0 Å². The fraction of sp³-hybridized carbons (Fsp3) is 0.263. The Bertz CT molecular complexity index is 862. The molecule has 3 rings (SSSR count). The van der Waals surface area contributed by atoms with Crippen LogP contribution in [0.1, 0.15) is 10.4 Å². The predicted octanol–water partition coefficient (Wildman–Crippen LogP) is 2.23. The van der Waals surface area contributed by atoms with Gasteiger partial charge in [0, 0.05) is 36.6 Å². The Balaban J connectivity index is 1.50. The Labute approximate surface area is 161 Å². The van der Waals surface area contributed by atoms with E-state index in [9.17, 15) is 19.7 Å². The van der Waals surface area contributed by atoms with Gasteiger partial charge in [-0.3, -0.25) is 14.9 Å². The molecule has 1 aliphatic rings. The van der Waals surface area contributed by atoms with Crippen molar-refractivity contribution in [2.75, 3.05) is 43.1 Å². The summed E-state index contributed by atoms with van der Waals surface area (Å²) >= 11 is 0. The number of rotatable bonds is 6. The van der Waals surface area contributed by atoms with E-state index in [-0.39, 0.29) is 11.3 Å². The van der Waals surface area contributed by atoms with Crippen LogP contribution in [0.25, 0.3) is 0 Å². The second kappa shape index (κ2) is 8.96. The maximum Gasteiger partial charge on any atom is 0.338 e. The molecule has 1 fully saturated rings. The number of ether oxygens (including phenoxy) is 2. The first-order valence-corrected chi connectivity index (χ1v) is 8.67. The van der Waals surface area contributed by atoms with E-state index in [2.05, 4.69) is 10.2 Å². The van der Waals surface area contributed by atoms with Gasteiger partial charge in [-0.15, -0.1) is 0 Å². The summed E-state index contributed by atoms with van der Waals surface area (Å²) in [6.45, 7) is 2.52. The largest absolute Gasteiger partial charge is 0.452 e. The van der Waals surface area contributed by atoms with E-state index in [0.717, 1.165) is 24.8 Å². The monoisotopic (exact) mass is 385 g/mol. The molecule has 9 nitrogen and oxygen atoms in total. The molecular formula is C19H19N3O6. The molecule has 0 saturated carbocycles. The third kappa shape index (κ3) is 5.04. The van der Waals surface area contributed by atoms with Gasteiger partial charge in [0.15, 0.2) is 6.61 Å². The zero-order valence-electron chi connectivity index (χ0n) is 15.0. The van der Waals surface area contributed by atoms with Crippen LogP contribution in [0.15, 0.2) is 48.5 Å². The highest BCUT2D eigenvalue weighted by Gasteiger charge is 2.15. The van der Waals surface area contributed by atoms with Crippen LogP contribution in [0.5, 0.6) is 0 Å². The molecule has 0 bridgehead atoms. The first-order valence-electron chi connectivity index (χ1n) is 8.67. The average Bonchev–Trinajstić information content (AvgIpc) is 2.73. The van der Waals surface area contributed by atoms with Gasteiger partial charge in [-0.05, 0) is 30.3 Å². The molecule has 0 atom stereocenters. The number of esters is 1. The summed E-state index contributed by atoms with van der Waals surface area (Å²) in [7, 11) is 0. The number of nitrogens with one attached hydrogen (secondary N) is 1. The van der Waals surface area contributed by atoms with Crippen LogP contribution >= 0.6 is 0 Å². The van der Waals surface area contributed by atoms with Crippen LogP contribution < -0.4 is 10.2 Å². The highest BCUT2D eigenvalue weighted by molar-refractivity contribution is 5.95. The lowest BCUT2D eigenvalue weighted by Crippen LogP contribution is -2.36. The molecule has 0 radical (unpaired) electrons. The van der Waals surface area contributed by atoms with Crippen LogP contribution in [0.4, 0.5) is 17.1 Å². The second-order valence-electron chi connectivity index (χ2n) is 6.08. The van der Waals surface area contributed by atoms with Crippen molar-refractivity contribution in [3.8, 4) is 0 Å². The number of hydrogen-bond acceptors (Lipinski definition) is 7. The Hall–Kier alpha value is -3.46. The number of non-ortho nitro benzene ring substituents is 1. The number of nitro groups is 1. The molecule has 0 unspecified atom stereocenters. The van der Waals surface area contributed by atoms with Gasteiger partial charge in [0.25, 0.3) is 11.6 Å². The minimum Gasteiger partial charge on any atom is -0.452 e. The van der Waals surface area contributed by atoms with Crippen LogP contribution in [0.2, 0.25) is 0 Å². The van der Waals surface area contributed by atoms with Gasteiger partial charge >= 0.3 is 5.97 Å². The maximum absolute atomic E-state index is 12.0. The van der Waals surface area contributed by atoms with Crippen LogP contribution in [-0.4, -0.2) is 49.7 Å². The van der Waals surface area contributed by atoms with Crippen molar-refractivity contribution in [1.29, 1.82) is 0 Å². The standard InChI is InChI=1S/C19H19N3O6/c23-18(13-28-19(24)14-2-1-3-17(12-14)22(25)26)20-15-4-6-16(7-5-15)21-8-10-27-11-9-21/h1-7,12H,8-11,13H2,(H,20,23). The van der Waals surface area contributed by atoms with Crippen LogP contribution in [0.3, 0.4) is 0 Å². The number of nitro benzene ring substituents is 1. The molecule has 0 spiro atoms. The van der Waals surface area contributed by atoms with Gasteiger partial charge in [0.2, 0.25) is 0 Å². The van der Waals surface area contributed by atoms with E-state index in [1.165, 1.54) is 18.2 Å². The van der Waals surface area contributed by atoms with Gasteiger partial charge < -0.3 is 19.7 Å². The van der Waals surface area contributed by atoms with Crippen molar-refractivity contribution in [3.63, 3.8) is 0 Å². The number of nitrogens with zero attached hydrogens (tertiary/aromatic N) is 2. The highest BCUT2D eigenvalue weighted by Crippen LogP contribution is 2.19. The van der Waals surface area contributed by atoms with Gasteiger partial charge in [0.05, 0.1) is 23.7 Å². The third-order valence-corrected chi connectivity index (χ3v) is 4.15. The molecule has 1 N–H and O–H groups in total. The lowest BCUT2D eigenvalue weighted by atomic mass is 10.2. The summed E-state index contributed by atoms with van der Waals surface area (Å²) in [4.78, 5) is 36.3. The van der Waals surface area contributed by atoms with Gasteiger partial charge in [-0.2, -0.15) is 0 Å². The molecule has 0 aromatic heterocycles. The normalized spacial score (nSPS) is 13.6. The predicted molar refractivity (Wildman–Crippen MR) is 101 cm³/mol. The smallest absolute Gasteiger partial charge is 0.338 e. The molecule has 2 aromatic carbocycles. The first kappa shape index (κ1) is 19.3. The Morgan fingerprint density at radius 3 is 2.54 bits per heavy atom. The summed E-state index contributed by atoms with van der Waals surface area (Å²) in [5, 5.41) is 13.4. The lowest BCUT2D eigenvalue weighted by Gasteiger charge is -2.28. The van der Waals surface area contributed by atoms with Crippen LogP contribution in [0, 0.1) is 10.1 Å². The second-order valence-corrected chi connectivity index (χ2v) is 6.08. The Morgan fingerprint density at radius 2 is 1.86 bits per heavy atom. The Morgan fingerprint density at radius 1 is 1.14 bits per heavy atom. The SMILES string of the molecule is O=C(COC(=O)c1cccc([N+](=O)[O-])c1)Nc1ccc(N2CCOCC2)cc1. The quantitative estimate of drug-likeness (QED) is 0.461. The average molecular weight is 385 g/mol. The maximum atomic E-state index is 12.0. The van der Waals surface area contributed by atoms with Crippen molar-refractivity contribution in [1.82, 2.24) is 0 Å². The number of hydrogen-bond donors (Lipinski definition) is 1. The summed E-state index contributed by atoms with van der Waals surface area (Å²) < 4.78 is 10.2. The minimum absolute atomic E-state index is 0.0110. The summed E-state index contributed by atoms with van der Waals surface area (Å²) in [6, 6.07) is 12.5. The molecule has 28 heavy (non-hydrogen) atoms. The van der Waals surface area contributed by atoms with Gasteiger partial charge in [-0.25, -0.2) is 4.79 Å². The van der Waals surface area contributed by atoms with Gasteiger partial charge in [0.1, 0.15) is 0 Å². The van der Waals surface area contributed by atoms with Crippen molar-refractivity contribution >= 4 is 28.9 Å². The van der Waals surface area contributed by atoms with E-state index in [0.29, 0.717) is 18.9 Å². The van der Waals surface area contributed by atoms with Crippen molar-refractivity contribution < 1.29 is 24.0 Å². The molecule has 146 valence electrons. The van der Waals surface area contributed by atoms with E-state index < -0.39 is 23.4 Å². The molecule has 9 heteroatoms. The molecule has 2 aromatic rings.